The van der Waals surface area contributed by atoms with Gasteiger partial charge in [-0.2, -0.15) is 5.10 Å². The number of hydrogen-bond donors (Lipinski definition) is 1. The molecule has 0 aliphatic carbocycles. The number of halogens is 1. The first-order chi connectivity index (χ1) is 13.7. The lowest BCUT2D eigenvalue weighted by molar-refractivity contribution is 0.288. The molecule has 0 radical (unpaired) electrons. The summed E-state index contributed by atoms with van der Waals surface area (Å²) in [6.45, 7) is 2.80. The van der Waals surface area contributed by atoms with E-state index in [1.807, 2.05) is 47.8 Å². The zero-order valence-electron chi connectivity index (χ0n) is 15.8. The number of nitrogens with one attached hydrogen (secondary N) is 1. The van der Waals surface area contributed by atoms with Crippen molar-refractivity contribution in [3.63, 3.8) is 0 Å². The summed E-state index contributed by atoms with van der Waals surface area (Å²) in [7, 11) is 1.63. The van der Waals surface area contributed by atoms with Crippen LogP contribution >= 0.6 is 27.3 Å². The molecule has 0 fully saturated rings. The molecule has 3 aromatic rings. The second-order valence-corrected chi connectivity index (χ2v) is 7.71. The summed E-state index contributed by atoms with van der Waals surface area (Å²) in [6.07, 6.45) is 3.82. The molecule has 0 atom stereocenters. The summed E-state index contributed by atoms with van der Waals surface area (Å²) in [5.74, 6) is 1.40. The molecule has 2 aromatic carbocycles. The average molecular weight is 460 g/mol. The van der Waals surface area contributed by atoms with Gasteiger partial charge in [0.2, 0.25) is 5.13 Å². The Kier molecular flexibility index (Phi) is 7.45. The molecular formula is C21H22BrN3O2S. The molecule has 28 heavy (non-hydrogen) atoms. The van der Waals surface area contributed by atoms with Gasteiger partial charge >= 0.3 is 0 Å². The van der Waals surface area contributed by atoms with Crippen LogP contribution in [0.1, 0.15) is 25.3 Å². The van der Waals surface area contributed by atoms with Crippen LogP contribution in [0.2, 0.25) is 0 Å². The van der Waals surface area contributed by atoms with Crippen LogP contribution in [0.4, 0.5) is 5.13 Å². The molecule has 0 aliphatic rings. The summed E-state index contributed by atoms with van der Waals surface area (Å²) >= 11 is 5.09. The van der Waals surface area contributed by atoms with Crippen molar-refractivity contribution in [2.45, 2.75) is 19.8 Å². The van der Waals surface area contributed by atoms with Crippen LogP contribution in [-0.4, -0.2) is 24.9 Å². The van der Waals surface area contributed by atoms with E-state index in [4.69, 9.17) is 9.47 Å². The summed E-state index contributed by atoms with van der Waals surface area (Å²) in [4.78, 5) is 4.56. The Bertz CT molecular complexity index is 929. The van der Waals surface area contributed by atoms with Crippen molar-refractivity contribution in [1.82, 2.24) is 4.98 Å². The van der Waals surface area contributed by atoms with Crippen molar-refractivity contribution >= 4 is 38.6 Å². The Morgan fingerprint density at radius 1 is 1.21 bits per heavy atom. The van der Waals surface area contributed by atoms with Gasteiger partial charge in [0.05, 0.1) is 25.6 Å². The minimum absolute atomic E-state index is 0.669. The Labute approximate surface area is 177 Å². The fraction of sp³-hybridized carbons (Fsp3) is 0.238. The number of anilines is 1. The molecule has 0 aliphatic heterocycles. The lowest BCUT2D eigenvalue weighted by Crippen LogP contribution is -2.00. The minimum Gasteiger partial charge on any atom is -0.493 e. The first-order valence-electron chi connectivity index (χ1n) is 9.01. The standard InChI is InChI=1S/C21H22BrN3O2S/c1-3-4-10-27-20-12-17(22)16(11-19(20)26-2)13-23-25-21-24-18(14-28-21)15-8-6-5-7-9-15/h5-9,11-14H,3-4,10H2,1-2H3,(H,24,25). The summed E-state index contributed by atoms with van der Waals surface area (Å²) in [6, 6.07) is 13.9. The van der Waals surface area contributed by atoms with Gasteiger partial charge in [-0.25, -0.2) is 4.98 Å². The van der Waals surface area contributed by atoms with Gasteiger partial charge in [0, 0.05) is 21.0 Å². The van der Waals surface area contributed by atoms with Gasteiger partial charge in [-0.3, -0.25) is 5.43 Å². The van der Waals surface area contributed by atoms with Crippen LogP contribution in [0.25, 0.3) is 11.3 Å². The number of nitrogens with zero attached hydrogens (tertiary/aromatic N) is 2. The van der Waals surface area contributed by atoms with Crippen molar-refractivity contribution in [1.29, 1.82) is 0 Å². The Morgan fingerprint density at radius 3 is 2.79 bits per heavy atom. The maximum absolute atomic E-state index is 5.80. The fourth-order valence-corrected chi connectivity index (χ4v) is 3.57. The Hall–Kier alpha value is -2.38. The molecule has 3 rings (SSSR count). The molecule has 0 saturated carbocycles. The highest BCUT2D eigenvalue weighted by Gasteiger charge is 2.09. The van der Waals surface area contributed by atoms with Crippen molar-refractivity contribution in [2.24, 2.45) is 5.10 Å². The highest BCUT2D eigenvalue weighted by atomic mass is 79.9. The molecule has 1 heterocycles. The van der Waals surface area contributed by atoms with Crippen molar-refractivity contribution in [3.8, 4) is 22.8 Å². The monoisotopic (exact) mass is 459 g/mol. The molecule has 1 N–H and O–H groups in total. The number of hydrazone groups is 1. The first kappa shape index (κ1) is 20.4. The smallest absolute Gasteiger partial charge is 0.203 e. The molecule has 0 unspecified atom stereocenters. The van der Waals surface area contributed by atoms with Gasteiger partial charge < -0.3 is 9.47 Å². The van der Waals surface area contributed by atoms with Crippen molar-refractivity contribution < 1.29 is 9.47 Å². The van der Waals surface area contributed by atoms with E-state index in [9.17, 15) is 0 Å². The van der Waals surface area contributed by atoms with E-state index in [0.29, 0.717) is 12.4 Å². The van der Waals surface area contributed by atoms with Crippen LogP contribution < -0.4 is 14.9 Å². The van der Waals surface area contributed by atoms with Gasteiger partial charge in [0.1, 0.15) is 0 Å². The van der Waals surface area contributed by atoms with Crippen molar-refractivity contribution in [3.05, 3.63) is 57.9 Å². The molecule has 5 nitrogen and oxygen atoms in total. The van der Waals surface area contributed by atoms with Crippen LogP contribution in [-0.2, 0) is 0 Å². The lowest BCUT2D eigenvalue weighted by atomic mass is 10.2. The first-order valence-corrected chi connectivity index (χ1v) is 10.7. The minimum atomic E-state index is 0.669. The molecule has 0 saturated heterocycles. The normalized spacial score (nSPS) is 11.0. The van der Waals surface area contributed by atoms with Gasteiger partial charge in [-0.15, -0.1) is 11.3 Å². The quantitative estimate of drug-likeness (QED) is 0.235. The predicted octanol–water partition coefficient (Wildman–Crippen LogP) is 6.21. The Morgan fingerprint density at radius 2 is 2.04 bits per heavy atom. The molecule has 146 valence electrons. The number of benzene rings is 2. The van der Waals surface area contributed by atoms with E-state index in [1.54, 1.807) is 13.3 Å². The number of thiazole rings is 1. The van der Waals surface area contributed by atoms with Gasteiger partial charge in [0.25, 0.3) is 0 Å². The number of unbranched alkanes of at least 4 members (excludes halogenated alkanes) is 1. The molecular weight excluding hydrogens is 438 g/mol. The van der Waals surface area contributed by atoms with Crippen LogP contribution in [0.3, 0.4) is 0 Å². The molecule has 0 amide bonds. The van der Waals surface area contributed by atoms with E-state index < -0.39 is 0 Å². The Balaban J connectivity index is 1.68. The SMILES string of the molecule is CCCCOc1cc(Br)c(C=NNc2nc(-c3ccccc3)cs2)cc1OC. The molecule has 1 aromatic heterocycles. The third-order valence-corrected chi connectivity index (χ3v) is 5.41. The maximum Gasteiger partial charge on any atom is 0.203 e. The number of rotatable bonds is 9. The van der Waals surface area contributed by atoms with E-state index in [0.717, 1.165) is 45.0 Å². The third kappa shape index (κ3) is 5.33. The number of hydrogen-bond acceptors (Lipinski definition) is 6. The highest BCUT2D eigenvalue weighted by molar-refractivity contribution is 9.10. The average Bonchev–Trinajstić information content (AvgIpc) is 3.19. The summed E-state index contributed by atoms with van der Waals surface area (Å²) in [5.41, 5.74) is 5.89. The molecule has 0 bridgehead atoms. The lowest BCUT2D eigenvalue weighted by Gasteiger charge is -2.12. The zero-order valence-corrected chi connectivity index (χ0v) is 18.2. The maximum atomic E-state index is 5.80. The second-order valence-electron chi connectivity index (χ2n) is 6.00. The van der Waals surface area contributed by atoms with Crippen LogP contribution in [0.15, 0.2) is 57.4 Å². The fourth-order valence-electron chi connectivity index (χ4n) is 2.47. The highest BCUT2D eigenvalue weighted by Crippen LogP contribution is 2.33. The number of aromatic nitrogens is 1. The number of methoxy groups -OCH3 is 1. The number of ether oxygens (including phenoxy) is 2. The predicted molar refractivity (Wildman–Crippen MR) is 120 cm³/mol. The van der Waals surface area contributed by atoms with Crippen molar-refractivity contribution in [2.75, 3.05) is 19.1 Å². The van der Waals surface area contributed by atoms with E-state index in [-0.39, 0.29) is 0 Å². The van der Waals surface area contributed by atoms with Gasteiger partial charge in [-0.1, -0.05) is 43.7 Å². The third-order valence-electron chi connectivity index (χ3n) is 3.98. The summed E-state index contributed by atoms with van der Waals surface area (Å²) < 4.78 is 12.1. The van der Waals surface area contributed by atoms with E-state index in [2.05, 4.69) is 38.4 Å². The van der Waals surface area contributed by atoms with E-state index >= 15 is 0 Å². The van der Waals surface area contributed by atoms with Gasteiger partial charge in [0.15, 0.2) is 11.5 Å². The zero-order chi connectivity index (χ0) is 19.8. The molecule has 0 spiro atoms. The van der Waals surface area contributed by atoms with E-state index in [1.165, 1.54) is 11.3 Å². The largest absolute Gasteiger partial charge is 0.493 e. The topological polar surface area (TPSA) is 55.7 Å². The van der Waals surface area contributed by atoms with Gasteiger partial charge in [-0.05, 0) is 34.5 Å². The second kappa shape index (κ2) is 10.2. The molecule has 7 heteroatoms. The van der Waals surface area contributed by atoms with Crippen LogP contribution in [0, 0.1) is 0 Å². The summed E-state index contributed by atoms with van der Waals surface area (Å²) in [5, 5.41) is 7.05. The van der Waals surface area contributed by atoms with Crippen LogP contribution in [0.5, 0.6) is 11.5 Å².